The van der Waals surface area contributed by atoms with E-state index in [9.17, 15) is 13.6 Å². The fraction of sp³-hybridized carbons (Fsp3) is 0.533. The van der Waals surface area contributed by atoms with E-state index in [1.54, 1.807) is 19.1 Å². The summed E-state index contributed by atoms with van der Waals surface area (Å²) in [6.45, 7) is 3.00. The number of carbonyl (C=O) groups is 1. The van der Waals surface area contributed by atoms with Gasteiger partial charge in [0, 0.05) is 18.2 Å². The summed E-state index contributed by atoms with van der Waals surface area (Å²) in [6.07, 6.45) is 1.80. The smallest absolute Gasteiger partial charge is 0.238 e. The lowest BCUT2D eigenvalue weighted by Gasteiger charge is -2.30. The average Bonchev–Trinajstić information content (AvgIpc) is 2.43. The van der Waals surface area contributed by atoms with Gasteiger partial charge in [-0.15, -0.1) is 0 Å². The Hall–Kier alpha value is -1.49. The molecule has 1 unspecified atom stereocenters. The molecule has 3 nitrogen and oxygen atoms in total. The van der Waals surface area contributed by atoms with Gasteiger partial charge in [-0.2, -0.15) is 0 Å². The number of halogens is 2. The minimum Gasteiger partial charge on any atom is -0.325 e. The molecule has 1 aliphatic rings. The van der Waals surface area contributed by atoms with Crippen molar-refractivity contribution in [3.8, 4) is 0 Å². The predicted molar refractivity (Wildman–Crippen MR) is 74.9 cm³/mol. The summed E-state index contributed by atoms with van der Waals surface area (Å²) < 4.78 is 26.0. The SMILES string of the molecule is Cc1ccc(NC(=O)CN2CCCC(CF)C2)cc1F. The van der Waals surface area contributed by atoms with Gasteiger partial charge < -0.3 is 5.32 Å². The largest absolute Gasteiger partial charge is 0.325 e. The van der Waals surface area contributed by atoms with Gasteiger partial charge in [-0.1, -0.05) is 6.07 Å². The Labute approximate surface area is 118 Å². The minimum absolute atomic E-state index is 0.0355. The third kappa shape index (κ3) is 4.00. The molecular weight excluding hydrogens is 262 g/mol. The average molecular weight is 282 g/mol. The highest BCUT2D eigenvalue weighted by Crippen LogP contribution is 2.17. The summed E-state index contributed by atoms with van der Waals surface area (Å²) in [4.78, 5) is 13.9. The van der Waals surface area contributed by atoms with Gasteiger partial charge in [-0.3, -0.25) is 14.1 Å². The van der Waals surface area contributed by atoms with E-state index in [0.29, 0.717) is 17.8 Å². The number of hydrogen-bond donors (Lipinski definition) is 1. The number of amides is 1. The lowest BCUT2D eigenvalue weighted by molar-refractivity contribution is -0.117. The molecule has 0 bridgehead atoms. The second kappa shape index (κ2) is 6.79. The number of nitrogens with zero attached hydrogens (tertiary/aromatic N) is 1. The van der Waals surface area contributed by atoms with E-state index < -0.39 is 0 Å². The summed E-state index contributed by atoms with van der Waals surface area (Å²) in [5.41, 5.74) is 1.00. The van der Waals surface area contributed by atoms with Crippen LogP contribution in [0.2, 0.25) is 0 Å². The van der Waals surface area contributed by atoms with Crippen LogP contribution in [0.4, 0.5) is 14.5 Å². The lowest BCUT2D eigenvalue weighted by atomic mass is 9.99. The van der Waals surface area contributed by atoms with E-state index in [1.165, 1.54) is 6.07 Å². The number of nitrogens with one attached hydrogen (secondary N) is 1. The first-order valence-electron chi connectivity index (χ1n) is 6.93. The molecule has 0 radical (unpaired) electrons. The highest BCUT2D eigenvalue weighted by Gasteiger charge is 2.21. The van der Waals surface area contributed by atoms with Crippen LogP contribution in [0.15, 0.2) is 18.2 Å². The normalized spacial score (nSPS) is 19.9. The topological polar surface area (TPSA) is 32.3 Å². The van der Waals surface area contributed by atoms with Gasteiger partial charge in [0.1, 0.15) is 5.82 Å². The molecule has 0 aromatic heterocycles. The molecule has 1 aromatic rings. The van der Waals surface area contributed by atoms with E-state index in [-0.39, 0.29) is 30.9 Å². The quantitative estimate of drug-likeness (QED) is 0.921. The van der Waals surface area contributed by atoms with Crippen LogP contribution >= 0.6 is 0 Å². The van der Waals surface area contributed by atoms with Gasteiger partial charge in [0.2, 0.25) is 5.91 Å². The van der Waals surface area contributed by atoms with Gasteiger partial charge in [-0.25, -0.2) is 4.39 Å². The van der Waals surface area contributed by atoms with E-state index in [1.807, 2.05) is 4.90 Å². The van der Waals surface area contributed by atoms with Gasteiger partial charge in [-0.05, 0) is 44.0 Å². The Morgan fingerprint density at radius 2 is 2.30 bits per heavy atom. The molecular formula is C15H20F2N2O. The Morgan fingerprint density at radius 1 is 1.50 bits per heavy atom. The molecule has 1 atom stereocenters. The van der Waals surface area contributed by atoms with Crippen molar-refractivity contribution in [1.29, 1.82) is 0 Å². The molecule has 1 amide bonds. The van der Waals surface area contributed by atoms with Crippen LogP contribution in [0, 0.1) is 18.7 Å². The molecule has 0 aliphatic carbocycles. The molecule has 5 heteroatoms. The van der Waals surface area contributed by atoms with Crippen LogP contribution in [0.25, 0.3) is 0 Å². The lowest BCUT2D eigenvalue weighted by Crippen LogP contribution is -2.41. The van der Waals surface area contributed by atoms with Crippen molar-refractivity contribution in [3.63, 3.8) is 0 Å². The third-order valence-corrected chi connectivity index (χ3v) is 3.64. The van der Waals surface area contributed by atoms with Crippen molar-refractivity contribution in [1.82, 2.24) is 4.90 Å². The van der Waals surface area contributed by atoms with Gasteiger partial charge >= 0.3 is 0 Å². The number of aryl methyl sites for hydroxylation is 1. The zero-order chi connectivity index (χ0) is 14.5. The molecule has 20 heavy (non-hydrogen) atoms. The standard InChI is InChI=1S/C15H20F2N2O/c1-11-4-5-13(7-14(11)17)18-15(20)10-19-6-2-3-12(8-16)9-19/h4-5,7,12H,2-3,6,8-10H2,1H3,(H,18,20). The van der Waals surface area contributed by atoms with Crippen molar-refractivity contribution in [3.05, 3.63) is 29.6 Å². The first-order chi connectivity index (χ1) is 9.58. The Bertz CT molecular complexity index is 479. The number of alkyl halides is 1. The molecule has 1 N–H and O–H groups in total. The monoisotopic (exact) mass is 282 g/mol. The zero-order valence-corrected chi connectivity index (χ0v) is 11.7. The summed E-state index contributed by atoms with van der Waals surface area (Å²) >= 11 is 0. The molecule has 1 heterocycles. The molecule has 110 valence electrons. The maximum absolute atomic E-state index is 13.4. The number of likely N-dealkylation sites (tertiary alicyclic amines) is 1. The molecule has 1 aliphatic heterocycles. The minimum atomic E-state index is -0.335. The van der Waals surface area contributed by atoms with E-state index in [4.69, 9.17) is 0 Å². The fourth-order valence-electron chi connectivity index (χ4n) is 2.50. The summed E-state index contributed by atoms with van der Waals surface area (Å²) in [6, 6.07) is 4.62. The van der Waals surface area contributed by atoms with Crippen molar-refractivity contribution >= 4 is 11.6 Å². The van der Waals surface area contributed by atoms with Gasteiger partial charge in [0.25, 0.3) is 0 Å². The highest BCUT2D eigenvalue weighted by atomic mass is 19.1. The second-order valence-corrected chi connectivity index (χ2v) is 5.41. The first kappa shape index (κ1) is 14.9. The number of anilines is 1. The van der Waals surface area contributed by atoms with Crippen LogP contribution in [-0.4, -0.2) is 37.1 Å². The Balaban J connectivity index is 1.87. The maximum Gasteiger partial charge on any atom is 0.238 e. The fourth-order valence-corrected chi connectivity index (χ4v) is 2.50. The zero-order valence-electron chi connectivity index (χ0n) is 11.7. The molecule has 1 aromatic carbocycles. The third-order valence-electron chi connectivity index (χ3n) is 3.64. The molecule has 1 fully saturated rings. The van der Waals surface area contributed by atoms with E-state index >= 15 is 0 Å². The van der Waals surface area contributed by atoms with Crippen molar-refractivity contribution in [2.45, 2.75) is 19.8 Å². The van der Waals surface area contributed by atoms with Crippen LogP contribution in [-0.2, 0) is 4.79 Å². The van der Waals surface area contributed by atoms with Crippen molar-refractivity contribution in [2.24, 2.45) is 5.92 Å². The van der Waals surface area contributed by atoms with Crippen LogP contribution in [0.1, 0.15) is 18.4 Å². The highest BCUT2D eigenvalue weighted by molar-refractivity contribution is 5.92. The van der Waals surface area contributed by atoms with Gasteiger partial charge in [0.15, 0.2) is 0 Å². The Morgan fingerprint density at radius 3 is 3.00 bits per heavy atom. The first-order valence-corrected chi connectivity index (χ1v) is 6.93. The predicted octanol–water partition coefficient (Wildman–Crippen LogP) is 2.75. The van der Waals surface area contributed by atoms with Crippen molar-refractivity contribution < 1.29 is 13.6 Å². The van der Waals surface area contributed by atoms with Crippen LogP contribution < -0.4 is 5.32 Å². The van der Waals surface area contributed by atoms with Crippen molar-refractivity contribution in [2.75, 3.05) is 31.6 Å². The molecule has 1 saturated heterocycles. The summed E-state index contributed by atoms with van der Waals surface area (Å²) in [5.74, 6) is -0.487. The van der Waals surface area contributed by atoms with Gasteiger partial charge in [0.05, 0.1) is 13.2 Å². The van der Waals surface area contributed by atoms with E-state index in [0.717, 1.165) is 19.4 Å². The number of piperidine rings is 1. The number of hydrogen-bond acceptors (Lipinski definition) is 2. The Kier molecular flexibility index (Phi) is 5.06. The van der Waals surface area contributed by atoms with E-state index in [2.05, 4.69) is 5.32 Å². The number of rotatable bonds is 4. The second-order valence-electron chi connectivity index (χ2n) is 5.41. The molecule has 0 saturated carbocycles. The number of benzene rings is 1. The van der Waals surface area contributed by atoms with Crippen LogP contribution in [0.3, 0.4) is 0 Å². The van der Waals surface area contributed by atoms with Crippen LogP contribution in [0.5, 0.6) is 0 Å². The molecule has 2 rings (SSSR count). The summed E-state index contributed by atoms with van der Waals surface area (Å²) in [5, 5.41) is 2.68. The molecule has 0 spiro atoms. The number of carbonyl (C=O) groups excluding carboxylic acids is 1. The summed E-state index contributed by atoms with van der Waals surface area (Å²) in [7, 11) is 0. The maximum atomic E-state index is 13.4.